The quantitative estimate of drug-likeness (QED) is 0.695. The van der Waals surface area contributed by atoms with Crippen molar-refractivity contribution in [3.63, 3.8) is 0 Å². The van der Waals surface area contributed by atoms with Gasteiger partial charge in [-0.1, -0.05) is 36.4 Å². The van der Waals surface area contributed by atoms with Gasteiger partial charge in [-0.3, -0.25) is 0 Å². The Morgan fingerprint density at radius 3 is 2.32 bits per heavy atom. The van der Waals surface area contributed by atoms with Gasteiger partial charge in [-0.15, -0.1) is 0 Å². The van der Waals surface area contributed by atoms with Crippen molar-refractivity contribution in [2.45, 2.75) is 13.8 Å². The Labute approximate surface area is 112 Å². The fraction of sp³-hybridized carbons (Fsp3) is 0.125. The molecule has 3 nitrogen and oxygen atoms in total. The van der Waals surface area contributed by atoms with Gasteiger partial charge in [0.2, 0.25) is 0 Å². The third-order valence-corrected chi connectivity index (χ3v) is 3.22. The normalized spacial score (nSPS) is 10.6. The highest BCUT2D eigenvalue weighted by atomic mass is 15.3. The first-order chi connectivity index (χ1) is 9.27. The molecule has 2 aromatic heterocycles. The molecule has 3 aromatic rings. The lowest BCUT2D eigenvalue weighted by Crippen LogP contribution is -2.01. The summed E-state index contributed by atoms with van der Waals surface area (Å²) in [5.74, 6) is 0.852. The zero-order valence-corrected chi connectivity index (χ0v) is 11.0. The second-order valence-electron chi connectivity index (χ2n) is 4.51. The van der Waals surface area contributed by atoms with E-state index in [4.69, 9.17) is 0 Å². The lowest BCUT2D eigenvalue weighted by Gasteiger charge is -2.04. The number of nitrogens with zero attached hydrogens (tertiary/aromatic N) is 3. The molecule has 1 aromatic carbocycles. The predicted octanol–water partition coefficient (Wildman–Crippen LogP) is 3.55. The molecule has 0 N–H and O–H groups in total. The average Bonchev–Trinajstić information content (AvgIpc) is 2.76. The van der Waals surface area contributed by atoms with Gasteiger partial charge in [0, 0.05) is 11.8 Å². The molecule has 0 unspecified atom stereocenters. The molecule has 0 aliphatic carbocycles. The van der Waals surface area contributed by atoms with Gasteiger partial charge in [0.25, 0.3) is 0 Å². The summed E-state index contributed by atoms with van der Waals surface area (Å²) in [5.41, 5.74) is 4.52. The van der Waals surface area contributed by atoms with Crippen LogP contribution in [0.2, 0.25) is 0 Å². The van der Waals surface area contributed by atoms with Crippen molar-refractivity contribution in [3.05, 3.63) is 66.1 Å². The Morgan fingerprint density at radius 1 is 0.895 bits per heavy atom. The third kappa shape index (κ3) is 2.03. The summed E-state index contributed by atoms with van der Waals surface area (Å²) in [4.78, 5) is 4.36. The summed E-state index contributed by atoms with van der Waals surface area (Å²) >= 11 is 0. The minimum atomic E-state index is 0.852. The molecular weight excluding hydrogens is 234 g/mol. The molecule has 0 fully saturated rings. The van der Waals surface area contributed by atoms with Gasteiger partial charge in [0.05, 0.1) is 11.4 Å². The lowest BCUT2D eigenvalue weighted by atomic mass is 10.0. The highest BCUT2D eigenvalue weighted by Crippen LogP contribution is 2.27. The molecule has 2 heterocycles. The van der Waals surface area contributed by atoms with Crippen LogP contribution in [-0.4, -0.2) is 14.8 Å². The molecule has 0 saturated carbocycles. The molecule has 0 spiro atoms. The van der Waals surface area contributed by atoms with Crippen molar-refractivity contribution < 1.29 is 0 Å². The van der Waals surface area contributed by atoms with Gasteiger partial charge in [-0.2, -0.15) is 5.10 Å². The van der Waals surface area contributed by atoms with E-state index >= 15 is 0 Å². The van der Waals surface area contributed by atoms with Gasteiger partial charge < -0.3 is 0 Å². The largest absolute Gasteiger partial charge is 0.237 e. The van der Waals surface area contributed by atoms with Crippen LogP contribution >= 0.6 is 0 Å². The van der Waals surface area contributed by atoms with Gasteiger partial charge in [-0.25, -0.2) is 9.67 Å². The second kappa shape index (κ2) is 4.69. The number of rotatable bonds is 2. The van der Waals surface area contributed by atoms with Crippen molar-refractivity contribution in [2.75, 3.05) is 0 Å². The average molecular weight is 249 g/mol. The minimum Gasteiger partial charge on any atom is -0.237 e. The van der Waals surface area contributed by atoms with Crippen molar-refractivity contribution in [1.29, 1.82) is 0 Å². The van der Waals surface area contributed by atoms with Crippen molar-refractivity contribution in [3.8, 4) is 16.9 Å². The number of aromatic nitrogens is 3. The van der Waals surface area contributed by atoms with Gasteiger partial charge in [0.1, 0.15) is 0 Å². The molecular formula is C16H15N3. The topological polar surface area (TPSA) is 30.7 Å². The first-order valence-electron chi connectivity index (χ1n) is 6.30. The number of aryl methyl sites for hydroxylation is 1. The number of hydrogen-bond acceptors (Lipinski definition) is 2. The van der Waals surface area contributed by atoms with E-state index in [-0.39, 0.29) is 0 Å². The van der Waals surface area contributed by atoms with E-state index in [0.717, 1.165) is 17.2 Å². The zero-order valence-electron chi connectivity index (χ0n) is 11.0. The summed E-state index contributed by atoms with van der Waals surface area (Å²) in [6, 6.07) is 16.2. The van der Waals surface area contributed by atoms with E-state index in [1.54, 1.807) is 6.20 Å². The highest BCUT2D eigenvalue weighted by molar-refractivity contribution is 5.68. The molecule has 0 radical (unpaired) electrons. The Hall–Kier alpha value is -2.42. The third-order valence-electron chi connectivity index (χ3n) is 3.22. The van der Waals surface area contributed by atoms with Crippen molar-refractivity contribution >= 4 is 0 Å². The van der Waals surface area contributed by atoms with Crippen LogP contribution in [0.15, 0.2) is 54.7 Å². The monoisotopic (exact) mass is 249 g/mol. The van der Waals surface area contributed by atoms with E-state index in [2.05, 4.69) is 29.1 Å². The van der Waals surface area contributed by atoms with Gasteiger partial charge in [0.15, 0.2) is 5.82 Å². The van der Waals surface area contributed by atoms with Crippen LogP contribution in [0, 0.1) is 13.8 Å². The number of hydrogen-bond donors (Lipinski definition) is 0. The highest BCUT2D eigenvalue weighted by Gasteiger charge is 2.14. The van der Waals surface area contributed by atoms with Gasteiger partial charge >= 0.3 is 0 Å². The number of benzene rings is 1. The van der Waals surface area contributed by atoms with E-state index in [1.807, 2.05) is 48.0 Å². The fourth-order valence-electron chi connectivity index (χ4n) is 2.37. The van der Waals surface area contributed by atoms with Crippen LogP contribution in [0.5, 0.6) is 0 Å². The number of pyridine rings is 1. The molecule has 0 aliphatic rings. The van der Waals surface area contributed by atoms with Crippen LogP contribution < -0.4 is 0 Å². The zero-order chi connectivity index (χ0) is 13.2. The summed E-state index contributed by atoms with van der Waals surface area (Å²) in [7, 11) is 0. The van der Waals surface area contributed by atoms with Crippen LogP contribution in [0.25, 0.3) is 16.9 Å². The molecule has 0 amide bonds. The van der Waals surface area contributed by atoms with Crippen molar-refractivity contribution in [2.24, 2.45) is 0 Å². The molecule has 0 bridgehead atoms. The lowest BCUT2D eigenvalue weighted by molar-refractivity contribution is 0.806. The van der Waals surface area contributed by atoms with E-state index < -0.39 is 0 Å². The predicted molar refractivity (Wildman–Crippen MR) is 76.3 cm³/mol. The molecule has 3 heteroatoms. The summed E-state index contributed by atoms with van der Waals surface area (Å²) in [6.07, 6.45) is 1.79. The fourth-order valence-corrected chi connectivity index (χ4v) is 2.37. The van der Waals surface area contributed by atoms with Crippen LogP contribution in [0.4, 0.5) is 0 Å². The summed E-state index contributed by atoms with van der Waals surface area (Å²) in [6.45, 7) is 4.12. The Balaban J connectivity index is 2.17. The maximum absolute atomic E-state index is 4.61. The summed E-state index contributed by atoms with van der Waals surface area (Å²) < 4.78 is 1.90. The molecule has 0 atom stereocenters. The smallest absolute Gasteiger partial charge is 0.153 e. The van der Waals surface area contributed by atoms with E-state index in [0.29, 0.717) is 0 Å². The molecule has 0 saturated heterocycles. The minimum absolute atomic E-state index is 0.852. The molecule has 0 aliphatic heterocycles. The van der Waals surface area contributed by atoms with Crippen molar-refractivity contribution in [1.82, 2.24) is 14.8 Å². The SMILES string of the molecule is Cc1nn(-c2ccccn2)c(C)c1-c1ccccc1. The van der Waals surface area contributed by atoms with Crippen LogP contribution in [0.3, 0.4) is 0 Å². The van der Waals surface area contributed by atoms with E-state index in [9.17, 15) is 0 Å². The van der Waals surface area contributed by atoms with Crippen LogP contribution in [0.1, 0.15) is 11.4 Å². The van der Waals surface area contributed by atoms with Crippen LogP contribution in [-0.2, 0) is 0 Å². The molecule has 94 valence electrons. The molecule has 19 heavy (non-hydrogen) atoms. The molecule has 3 rings (SSSR count). The van der Waals surface area contributed by atoms with Gasteiger partial charge in [-0.05, 0) is 31.5 Å². The second-order valence-corrected chi connectivity index (χ2v) is 4.51. The van der Waals surface area contributed by atoms with E-state index in [1.165, 1.54) is 11.1 Å². The maximum atomic E-state index is 4.61. The Bertz CT molecular complexity index is 685. The maximum Gasteiger partial charge on any atom is 0.153 e. The Kier molecular flexibility index (Phi) is 2.88. The first kappa shape index (κ1) is 11.7. The summed E-state index contributed by atoms with van der Waals surface area (Å²) in [5, 5.41) is 4.61. The Morgan fingerprint density at radius 2 is 1.63 bits per heavy atom. The first-order valence-corrected chi connectivity index (χ1v) is 6.30. The standard InChI is InChI=1S/C16H15N3/c1-12-16(14-8-4-3-5-9-14)13(2)19(18-12)15-10-6-7-11-17-15/h3-11H,1-2H3.